The Labute approximate surface area is 180 Å². The first-order chi connectivity index (χ1) is 14.5. The first-order valence-corrected chi connectivity index (χ1v) is 11.9. The summed E-state index contributed by atoms with van der Waals surface area (Å²) in [6.07, 6.45) is 10.1. The maximum atomic E-state index is 10.3. The minimum absolute atomic E-state index is 0.160. The molecular formula is C25H35NO4. The number of nitriles is 1. The average Bonchev–Trinajstić information content (AvgIpc) is 3.30. The standard InChI is InChI=1S/C25H35NO4/c1-4-27-17(2)30-24(16-26)11-9-22-21-6-5-18-15-25(28-13-14-29-25)12-8-19(18)20(21)7-10-23(22,24)3/h7,17,21-22H,4-6,8-15H2,1-3H3/t17?,21?,22?,23?,24-/m0/s1. The molecule has 0 aromatic carbocycles. The predicted octanol–water partition coefficient (Wildman–Crippen LogP) is 5.03. The first-order valence-electron chi connectivity index (χ1n) is 11.9. The van der Waals surface area contributed by atoms with E-state index in [1.165, 1.54) is 6.42 Å². The molecule has 1 saturated carbocycles. The fraction of sp³-hybridized carbons (Fsp3) is 0.800. The van der Waals surface area contributed by atoms with Gasteiger partial charge in [0.05, 0.1) is 19.3 Å². The van der Waals surface area contributed by atoms with Crippen molar-refractivity contribution in [3.8, 4) is 6.07 Å². The highest BCUT2D eigenvalue weighted by atomic mass is 16.7. The summed E-state index contributed by atoms with van der Waals surface area (Å²) in [6, 6.07) is 2.61. The van der Waals surface area contributed by atoms with Gasteiger partial charge in [0, 0.05) is 24.9 Å². The van der Waals surface area contributed by atoms with Crippen molar-refractivity contribution in [2.75, 3.05) is 19.8 Å². The fourth-order valence-electron chi connectivity index (χ4n) is 7.25. The Morgan fingerprint density at radius 3 is 2.77 bits per heavy atom. The van der Waals surface area contributed by atoms with Gasteiger partial charge in [-0.25, -0.2) is 0 Å². The number of hydrogen-bond donors (Lipinski definition) is 0. The first kappa shape index (κ1) is 20.7. The van der Waals surface area contributed by atoms with E-state index in [1.54, 1.807) is 16.7 Å². The molecular weight excluding hydrogens is 378 g/mol. The molecule has 0 aromatic heterocycles. The van der Waals surface area contributed by atoms with Crippen LogP contribution >= 0.6 is 0 Å². The third kappa shape index (κ3) is 2.95. The number of fused-ring (bicyclic) bond motifs is 4. The van der Waals surface area contributed by atoms with E-state index in [0.717, 1.165) is 58.2 Å². The molecule has 1 heterocycles. The van der Waals surface area contributed by atoms with Gasteiger partial charge in [0.1, 0.15) is 0 Å². The van der Waals surface area contributed by atoms with Crippen molar-refractivity contribution in [2.45, 2.75) is 89.8 Å². The molecule has 5 aliphatic rings. The number of ether oxygens (including phenoxy) is 4. The predicted molar refractivity (Wildman–Crippen MR) is 112 cm³/mol. The summed E-state index contributed by atoms with van der Waals surface area (Å²) in [4.78, 5) is 0. The third-order valence-corrected chi connectivity index (χ3v) is 8.71. The van der Waals surface area contributed by atoms with Crippen LogP contribution in [0.4, 0.5) is 0 Å². The Bertz CT molecular complexity index is 804. The van der Waals surface area contributed by atoms with Crippen molar-refractivity contribution < 1.29 is 18.9 Å². The van der Waals surface area contributed by atoms with Crippen LogP contribution in [0.3, 0.4) is 0 Å². The van der Waals surface area contributed by atoms with Crippen LogP contribution in [0.25, 0.3) is 0 Å². The molecule has 4 unspecified atom stereocenters. The van der Waals surface area contributed by atoms with Crippen LogP contribution < -0.4 is 0 Å². The zero-order valence-electron chi connectivity index (χ0n) is 18.7. The molecule has 5 nitrogen and oxygen atoms in total. The Morgan fingerprint density at radius 1 is 1.23 bits per heavy atom. The van der Waals surface area contributed by atoms with Crippen molar-refractivity contribution in [1.82, 2.24) is 0 Å². The number of nitrogens with zero attached hydrogens (tertiary/aromatic N) is 1. The van der Waals surface area contributed by atoms with Crippen molar-refractivity contribution >= 4 is 0 Å². The zero-order chi connectivity index (χ0) is 21.0. The van der Waals surface area contributed by atoms with Gasteiger partial charge < -0.3 is 18.9 Å². The molecule has 0 bridgehead atoms. The van der Waals surface area contributed by atoms with E-state index in [4.69, 9.17) is 18.9 Å². The molecule has 4 aliphatic carbocycles. The van der Waals surface area contributed by atoms with E-state index < -0.39 is 5.60 Å². The Hall–Kier alpha value is -1.19. The van der Waals surface area contributed by atoms with Crippen LogP contribution in [-0.2, 0) is 18.9 Å². The lowest BCUT2D eigenvalue weighted by molar-refractivity contribution is -0.213. The van der Waals surface area contributed by atoms with Gasteiger partial charge in [0.15, 0.2) is 17.7 Å². The summed E-state index contributed by atoms with van der Waals surface area (Å²) in [7, 11) is 0. The fourth-order valence-corrected chi connectivity index (χ4v) is 7.25. The average molecular weight is 414 g/mol. The summed E-state index contributed by atoms with van der Waals surface area (Å²) in [5.74, 6) is 0.695. The lowest BCUT2D eigenvalue weighted by Crippen LogP contribution is -2.51. The molecule has 2 fully saturated rings. The second-order valence-corrected chi connectivity index (χ2v) is 10.0. The molecule has 0 aromatic rings. The molecule has 0 amide bonds. The van der Waals surface area contributed by atoms with E-state index in [-0.39, 0.29) is 17.5 Å². The lowest BCUT2D eigenvalue weighted by Gasteiger charge is -2.50. The minimum atomic E-state index is -0.759. The maximum absolute atomic E-state index is 10.3. The van der Waals surface area contributed by atoms with Gasteiger partial charge in [-0.2, -0.15) is 5.26 Å². The van der Waals surface area contributed by atoms with Gasteiger partial charge in [-0.15, -0.1) is 0 Å². The largest absolute Gasteiger partial charge is 0.353 e. The van der Waals surface area contributed by atoms with E-state index in [2.05, 4.69) is 19.1 Å². The Kier molecular flexibility index (Phi) is 5.14. The van der Waals surface area contributed by atoms with Crippen LogP contribution in [0.2, 0.25) is 0 Å². The van der Waals surface area contributed by atoms with Gasteiger partial charge in [0.25, 0.3) is 0 Å². The van der Waals surface area contributed by atoms with E-state index in [1.807, 2.05) is 13.8 Å². The second-order valence-electron chi connectivity index (χ2n) is 10.0. The maximum Gasteiger partial charge on any atom is 0.172 e. The van der Waals surface area contributed by atoms with Crippen molar-refractivity contribution in [1.29, 1.82) is 5.26 Å². The molecule has 0 N–H and O–H groups in total. The summed E-state index contributed by atoms with van der Waals surface area (Å²) >= 11 is 0. The Balaban J connectivity index is 1.43. The summed E-state index contributed by atoms with van der Waals surface area (Å²) in [5.41, 5.74) is 3.78. The second kappa shape index (κ2) is 7.45. The van der Waals surface area contributed by atoms with Crippen LogP contribution in [0.15, 0.2) is 22.8 Å². The van der Waals surface area contributed by atoms with Gasteiger partial charge >= 0.3 is 0 Å². The molecule has 5 rings (SSSR count). The highest BCUT2D eigenvalue weighted by molar-refractivity contribution is 5.45. The van der Waals surface area contributed by atoms with Crippen molar-refractivity contribution in [3.05, 3.63) is 22.8 Å². The summed E-state index contributed by atoms with van der Waals surface area (Å²) < 4.78 is 24.0. The summed E-state index contributed by atoms with van der Waals surface area (Å²) in [5, 5.41) is 10.3. The van der Waals surface area contributed by atoms with Gasteiger partial charge in [0.2, 0.25) is 0 Å². The number of allylic oxidation sites excluding steroid dienone is 3. The lowest BCUT2D eigenvalue weighted by atomic mass is 9.56. The molecule has 5 atom stereocenters. The molecule has 0 radical (unpaired) electrons. The van der Waals surface area contributed by atoms with Crippen LogP contribution in [0.5, 0.6) is 0 Å². The molecule has 1 saturated heterocycles. The van der Waals surface area contributed by atoms with Crippen LogP contribution in [0.1, 0.15) is 72.1 Å². The monoisotopic (exact) mass is 413 g/mol. The van der Waals surface area contributed by atoms with E-state index >= 15 is 0 Å². The number of hydrogen-bond acceptors (Lipinski definition) is 5. The van der Waals surface area contributed by atoms with Crippen LogP contribution in [-0.4, -0.2) is 37.5 Å². The topological polar surface area (TPSA) is 60.7 Å². The SMILES string of the molecule is CCOC(C)O[C@]1(C#N)CCC2C3CCC4=C(CCC5(C4)OCCO5)C3=CCC21C. The van der Waals surface area contributed by atoms with Gasteiger partial charge in [-0.3, -0.25) is 0 Å². The smallest absolute Gasteiger partial charge is 0.172 e. The minimum Gasteiger partial charge on any atom is -0.353 e. The van der Waals surface area contributed by atoms with Gasteiger partial charge in [-0.05, 0) is 75.4 Å². The zero-order valence-corrected chi connectivity index (χ0v) is 18.7. The third-order valence-electron chi connectivity index (χ3n) is 8.71. The molecule has 1 spiro atoms. The van der Waals surface area contributed by atoms with Crippen LogP contribution in [0, 0.1) is 28.6 Å². The highest BCUT2D eigenvalue weighted by Gasteiger charge is 2.63. The van der Waals surface area contributed by atoms with Crippen molar-refractivity contribution in [3.63, 3.8) is 0 Å². The highest BCUT2D eigenvalue weighted by Crippen LogP contribution is 2.64. The van der Waals surface area contributed by atoms with E-state index in [0.29, 0.717) is 18.4 Å². The van der Waals surface area contributed by atoms with Gasteiger partial charge in [-0.1, -0.05) is 18.6 Å². The number of rotatable bonds is 4. The molecule has 30 heavy (non-hydrogen) atoms. The molecule has 5 heteroatoms. The summed E-state index contributed by atoms with van der Waals surface area (Å²) in [6.45, 7) is 8.24. The van der Waals surface area contributed by atoms with E-state index in [9.17, 15) is 5.26 Å². The molecule has 1 aliphatic heterocycles. The van der Waals surface area contributed by atoms with Crippen molar-refractivity contribution in [2.24, 2.45) is 17.3 Å². The molecule has 164 valence electrons. The Morgan fingerprint density at radius 2 is 2.03 bits per heavy atom. The quantitative estimate of drug-likeness (QED) is 0.605. The normalized spacial score (nSPS) is 40.4.